The second-order valence-electron chi connectivity index (χ2n) is 18.1. The lowest BCUT2D eigenvalue weighted by Crippen LogP contribution is -2.30. The predicted octanol–water partition coefficient (Wildman–Crippen LogP) is 17.9. The SMILES string of the molecule is CC/C=C\C/C=C\C/C=C\CCCCCCCC(=O)OC[C@H](COC(=O)CCCCCCC/C=C\CCCCCCCC)OC(=O)CCCCCCCCCCCCCCCCC. The number of esters is 3. The van der Waals surface area contributed by atoms with Gasteiger partial charge in [-0.2, -0.15) is 0 Å². The molecule has 0 aliphatic rings. The van der Waals surface area contributed by atoms with E-state index in [1.807, 2.05) is 0 Å². The molecule has 0 aromatic rings. The summed E-state index contributed by atoms with van der Waals surface area (Å²) >= 11 is 0. The van der Waals surface area contributed by atoms with Crippen LogP contribution in [0.15, 0.2) is 48.6 Å². The lowest BCUT2D eigenvalue weighted by molar-refractivity contribution is -0.167. The molecule has 366 valence electrons. The minimum Gasteiger partial charge on any atom is -0.462 e. The van der Waals surface area contributed by atoms with Gasteiger partial charge in [0, 0.05) is 19.3 Å². The highest BCUT2D eigenvalue weighted by molar-refractivity contribution is 5.71. The van der Waals surface area contributed by atoms with Crippen molar-refractivity contribution in [1.82, 2.24) is 0 Å². The number of unbranched alkanes of at least 4 members (excludes halogenated alkanes) is 30. The summed E-state index contributed by atoms with van der Waals surface area (Å²) in [5.74, 6) is -0.894. The second kappa shape index (κ2) is 52.0. The summed E-state index contributed by atoms with van der Waals surface area (Å²) in [6.07, 6.45) is 62.3. The Hall–Kier alpha value is -2.63. The lowest BCUT2D eigenvalue weighted by Gasteiger charge is -2.18. The van der Waals surface area contributed by atoms with Crippen molar-refractivity contribution in [2.45, 2.75) is 284 Å². The van der Waals surface area contributed by atoms with E-state index in [9.17, 15) is 14.4 Å². The van der Waals surface area contributed by atoms with E-state index in [0.29, 0.717) is 19.3 Å². The van der Waals surface area contributed by atoms with Crippen LogP contribution in [0.1, 0.15) is 278 Å². The molecule has 0 aromatic carbocycles. The molecule has 0 spiro atoms. The van der Waals surface area contributed by atoms with E-state index in [2.05, 4.69) is 69.4 Å². The fourth-order valence-electron chi connectivity index (χ4n) is 7.75. The molecule has 0 unspecified atom stereocenters. The standard InChI is InChI=1S/C57H102O6/c1-4-7-10-13-16-19-22-25-28-31-34-37-40-43-46-49-55(58)61-52-54(63-57(60)51-48-45-42-39-36-33-30-27-24-21-18-15-12-9-6-3)53-62-56(59)50-47-44-41-38-35-32-29-26-23-20-17-14-11-8-5-2/h7,10,16,19,25-26,28-29,54H,4-6,8-9,11-15,17-18,20-24,27,30-53H2,1-3H3/b10-7-,19-16-,28-25-,29-26-/t54-/m1/s1. The van der Waals surface area contributed by atoms with Crippen LogP contribution in [0.2, 0.25) is 0 Å². The molecule has 0 heterocycles. The molecule has 0 aromatic heterocycles. The molecule has 0 N–H and O–H groups in total. The molecule has 0 bridgehead atoms. The number of hydrogen-bond donors (Lipinski definition) is 0. The van der Waals surface area contributed by atoms with Crippen molar-refractivity contribution in [3.05, 3.63) is 48.6 Å². The van der Waals surface area contributed by atoms with E-state index in [1.54, 1.807) is 0 Å². The van der Waals surface area contributed by atoms with Gasteiger partial charge in [-0.05, 0) is 77.0 Å². The molecule has 0 aliphatic heterocycles. The molecule has 6 nitrogen and oxygen atoms in total. The Morgan fingerprint density at radius 3 is 0.984 bits per heavy atom. The fourth-order valence-corrected chi connectivity index (χ4v) is 7.75. The molecule has 0 saturated heterocycles. The number of carbonyl (C=O) groups excluding carboxylic acids is 3. The highest BCUT2D eigenvalue weighted by atomic mass is 16.6. The monoisotopic (exact) mass is 883 g/mol. The topological polar surface area (TPSA) is 78.9 Å². The van der Waals surface area contributed by atoms with Crippen LogP contribution in [0, 0.1) is 0 Å². The Balaban J connectivity index is 4.39. The Labute approximate surface area is 390 Å². The Morgan fingerprint density at radius 2 is 0.619 bits per heavy atom. The zero-order valence-corrected chi connectivity index (χ0v) is 41.8. The average molecular weight is 883 g/mol. The van der Waals surface area contributed by atoms with Crippen LogP contribution < -0.4 is 0 Å². The van der Waals surface area contributed by atoms with E-state index >= 15 is 0 Å². The summed E-state index contributed by atoms with van der Waals surface area (Å²) in [5.41, 5.74) is 0. The van der Waals surface area contributed by atoms with Gasteiger partial charge < -0.3 is 14.2 Å². The third kappa shape index (κ3) is 50.2. The van der Waals surface area contributed by atoms with Crippen molar-refractivity contribution >= 4 is 17.9 Å². The molecule has 1 atom stereocenters. The summed E-state index contributed by atoms with van der Waals surface area (Å²) in [6, 6.07) is 0. The van der Waals surface area contributed by atoms with Crippen LogP contribution >= 0.6 is 0 Å². The van der Waals surface area contributed by atoms with E-state index in [1.165, 1.54) is 135 Å². The molecular weight excluding hydrogens is 781 g/mol. The van der Waals surface area contributed by atoms with E-state index < -0.39 is 6.10 Å². The van der Waals surface area contributed by atoms with Crippen molar-refractivity contribution in [1.29, 1.82) is 0 Å². The normalized spacial score (nSPS) is 12.4. The van der Waals surface area contributed by atoms with Gasteiger partial charge in [-0.15, -0.1) is 0 Å². The number of carbonyl (C=O) groups is 3. The fraction of sp³-hybridized carbons (Fsp3) is 0.807. The van der Waals surface area contributed by atoms with Gasteiger partial charge in [0.15, 0.2) is 6.10 Å². The van der Waals surface area contributed by atoms with Gasteiger partial charge >= 0.3 is 17.9 Å². The maximum absolute atomic E-state index is 12.8. The van der Waals surface area contributed by atoms with Gasteiger partial charge in [0.05, 0.1) is 0 Å². The van der Waals surface area contributed by atoms with Crippen molar-refractivity contribution in [3.8, 4) is 0 Å². The van der Waals surface area contributed by atoms with Gasteiger partial charge in [-0.1, -0.05) is 230 Å². The quantitative estimate of drug-likeness (QED) is 0.0262. The van der Waals surface area contributed by atoms with Gasteiger partial charge in [-0.25, -0.2) is 0 Å². The van der Waals surface area contributed by atoms with E-state index in [-0.39, 0.29) is 31.1 Å². The van der Waals surface area contributed by atoms with Gasteiger partial charge in [-0.3, -0.25) is 14.4 Å². The number of rotatable bonds is 49. The first kappa shape index (κ1) is 60.4. The molecule has 0 amide bonds. The molecule has 6 heteroatoms. The number of allylic oxidation sites excluding steroid dienone is 8. The first-order valence-electron chi connectivity index (χ1n) is 27.1. The maximum atomic E-state index is 12.8. The van der Waals surface area contributed by atoms with E-state index in [0.717, 1.165) is 103 Å². The van der Waals surface area contributed by atoms with Crippen molar-refractivity contribution in [3.63, 3.8) is 0 Å². The zero-order chi connectivity index (χ0) is 45.8. The van der Waals surface area contributed by atoms with Crippen molar-refractivity contribution in [2.75, 3.05) is 13.2 Å². The van der Waals surface area contributed by atoms with Gasteiger partial charge in [0.1, 0.15) is 13.2 Å². The summed E-state index contributed by atoms with van der Waals surface area (Å²) in [6.45, 7) is 6.52. The first-order chi connectivity index (χ1) is 31.0. The smallest absolute Gasteiger partial charge is 0.306 e. The van der Waals surface area contributed by atoms with Crippen LogP contribution in [0.5, 0.6) is 0 Å². The van der Waals surface area contributed by atoms with E-state index in [4.69, 9.17) is 14.2 Å². The van der Waals surface area contributed by atoms with Crippen LogP contribution in [0.25, 0.3) is 0 Å². The molecular formula is C57H102O6. The highest BCUT2D eigenvalue weighted by Gasteiger charge is 2.19. The average Bonchev–Trinajstić information content (AvgIpc) is 3.28. The lowest BCUT2D eigenvalue weighted by atomic mass is 10.0. The van der Waals surface area contributed by atoms with Crippen molar-refractivity contribution in [2.24, 2.45) is 0 Å². The summed E-state index contributed by atoms with van der Waals surface area (Å²) in [7, 11) is 0. The largest absolute Gasteiger partial charge is 0.462 e. The second-order valence-corrected chi connectivity index (χ2v) is 18.1. The first-order valence-corrected chi connectivity index (χ1v) is 27.1. The van der Waals surface area contributed by atoms with Crippen molar-refractivity contribution < 1.29 is 28.6 Å². The van der Waals surface area contributed by atoms with Crippen LogP contribution in [0.4, 0.5) is 0 Å². The maximum Gasteiger partial charge on any atom is 0.306 e. The molecule has 0 aliphatic carbocycles. The van der Waals surface area contributed by atoms with Crippen LogP contribution in [-0.2, 0) is 28.6 Å². The number of hydrogen-bond acceptors (Lipinski definition) is 6. The Kier molecular flexibility index (Phi) is 49.8. The Bertz CT molecular complexity index is 1110. The minimum absolute atomic E-state index is 0.0805. The molecule has 0 saturated carbocycles. The number of ether oxygens (including phenoxy) is 3. The van der Waals surface area contributed by atoms with Crippen LogP contribution in [-0.4, -0.2) is 37.2 Å². The summed E-state index contributed by atoms with van der Waals surface area (Å²) in [4.78, 5) is 38.0. The van der Waals surface area contributed by atoms with Crippen LogP contribution in [0.3, 0.4) is 0 Å². The third-order valence-electron chi connectivity index (χ3n) is 11.8. The molecule has 0 fully saturated rings. The molecule has 0 rings (SSSR count). The third-order valence-corrected chi connectivity index (χ3v) is 11.8. The molecule has 0 radical (unpaired) electrons. The highest BCUT2D eigenvalue weighted by Crippen LogP contribution is 2.16. The van der Waals surface area contributed by atoms with Gasteiger partial charge in [0.25, 0.3) is 0 Å². The van der Waals surface area contributed by atoms with Gasteiger partial charge in [0.2, 0.25) is 0 Å². The zero-order valence-electron chi connectivity index (χ0n) is 41.8. The molecule has 63 heavy (non-hydrogen) atoms. The minimum atomic E-state index is -0.780. The Morgan fingerprint density at radius 1 is 0.333 bits per heavy atom. The summed E-state index contributed by atoms with van der Waals surface area (Å²) < 4.78 is 16.8. The summed E-state index contributed by atoms with van der Waals surface area (Å²) in [5, 5.41) is 0. The predicted molar refractivity (Wildman–Crippen MR) is 270 cm³/mol.